The molecule has 0 heterocycles. The van der Waals surface area contributed by atoms with Crippen molar-refractivity contribution in [2.24, 2.45) is 0 Å². The van der Waals surface area contributed by atoms with E-state index in [1.807, 2.05) is 61.5 Å². The van der Waals surface area contributed by atoms with E-state index in [0.717, 1.165) is 11.1 Å². The predicted octanol–water partition coefficient (Wildman–Crippen LogP) is 5.79. The third-order valence-electron chi connectivity index (χ3n) is 3.66. The van der Waals surface area contributed by atoms with Gasteiger partial charge in [-0.2, -0.15) is 0 Å². The van der Waals surface area contributed by atoms with Crippen LogP contribution in [0.15, 0.2) is 66.8 Å². The van der Waals surface area contributed by atoms with E-state index in [1.165, 1.54) is 6.08 Å². The minimum absolute atomic E-state index is 0.0992. The highest BCUT2D eigenvalue weighted by Crippen LogP contribution is 2.23. The predicted molar refractivity (Wildman–Crippen MR) is 114 cm³/mol. The molecule has 0 aliphatic carbocycles. The van der Waals surface area contributed by atoms with Crippen LogP contribution in [0.2, 0.25) is 10.0 Å². The van der Waals surface area contributed by atoms with E-state index in [4.69, 9.17) is 27.9 Å². The van der Waals surface area contributed by atoms with Gasteiger partial charge in [0.25, 0.3) is 0 Å². The first kappa shape index (κ1) is 20.8. The van der Waals surface area contributed by atoms with Crippen LogP contribution in [0.3, 0.4) is 0 Å². The first-order valence-electron chi connectivity index (χ1n) is 8.40. The van der Waals surface area contributed by atoms with Gasteiger partial charge in [-0.05, 0) is 48.4 Å². The molecule has 0 saturated heterocycles. The second-order valence-electron chi connectivity index (χ2n) is 5.81. The zero-order valence-corrected chi connectivity index (χ0v) is 16.7. The molecule has 0 radical (unpaired) electrons. The second kappa shape index (κ2) is 10.6. The molecule has 2 aromatic rings. The Kier molecular flexibility index (Phi) is 8.18. The molecular weight excluding hydrogens is 381 g/mol. The Labute approximate surface area is 170 Å². The van der Waals surface area contributed by atoms with Crippen molar-refractivity contribution >= 4 is 41.3 Å². The molecule has 5 heteroatoms. The number of benzene rings is 2. The minimum Gasteiger partial charge on any atom is -0.497 e. The van der Waals surface area contributed by atoms with Gasteiger partial charge < -0.3 is 10.1 Å². The molecule has 1 N–H and O–H groups in total. The van der Waals surface area contributed by atoms with E-state index in [2.05, 4.69) is 5.32 Å². The van der Waals surface area contributed by atoms with E-state index >= 15 is 0 Å². The molecule has 0 aliphatic heterocycles. The Morgan fingerprint density at radius 1 is 1.07 bits per heavy atom. The van der Waals surface area contributed by atoms with E-state index < -0.39 is 0 Å². The molecule has 2 rings (SSSR count). The van der Waals surface area contributed by atoms with Crippen LogP contribution in [-0.2, 0) is 4.79 Å². The smallest absolute Gasteiger partial charge is 0.244 e. The van der Waals surface area contributed by atoms with Crippen molar-refractivity contribution in [2.75, 3.05) is 7.11 Å². The van der Waals surface area contributed by atoms with Crippen molar-refractivity contribution in [1.82, 2.24) is 5.32 Å². The fourth-order valence-electron chi connectivity index (χ4n) is 2.22. The fraction of sp³-hybridized carbons (Fsp3) is 0.136. The van der Waals surface area contributed by atoms with Crippen molar-refractivity contribution in [2.45, 2.75) is 13.0 Å². The number of hydrogen-bond acceptors (Lipinski definition) is 2. The highest BCUT2D eigenvalue weighted by molar-refractivity contribution is 6.32. The summed E-state index contributed by atoms with van der Waals surface area (Å²) in [6, 6.07) is 12.8. The molecule has 0 spiro atoms. The molecule has 2 aromatic carbocycles. The van der Waals surface area contributed by atoms with Gasteiger partial charge in [0.1, 0.15) is 5.75 Å². The highest BCUT2D eigenvalue weighted by Gasteiger charge is 2.00. The molecule has 0 fully saturated rings. The van der Waals surface area contributed by atoms with Gasteiger partial charge >= 0.3 is 0 Å². The Bertz CT molecular complexity index is 855. The summed E-state index contributed by atoms with van der Waals surface area (Å²) in [6.45, 7) is 1.91. The summed E-state index contributed by atoms with van der Waals surface area (Å²) < 4.78 is 5.11. The Balaban J connectivity index is 1.84. The third-order valence-corrected chi connectivity index (χ3v) is 4.24. The van der Waals surface area contributed by atoms with Crippen molar-refractivity contribution in [3.05, 3.63) is 87.9 Å². The normalized spacial score (nSPS) is 12.7. The van der Waals surface area contributed by atoms with Gasteiger partial charge in [0, 0.05) is 17.1 Å². The number of methoxy groups -OCH3 is 1. The van der Waals surface area contributed by atoms with Crippen molar-refractivity contribution in [1.29, 1.82) is 0 Å². The Morgan fingerprint density at radius 3 is 2.48 bits per heavy atom. The lowest BCUT2D eigenvalue weighted by atomic mass is 10.2. The lowest BCUT2D eigenvalue weighted by Crippen LogP contribution is -2.29. The highest BCUT2D eigenvalue weighted by atomic mass is 35.5. The topological polar surface area (TPSA) is 38.3 Å². The van der Waals surface area contributed by atoms with Crippen LogP contribution in [0.1, 0.15) is 18.1 Å². The number of nitrogens with one attached hydrogen (secondary N) is 1. The van der Waals surface area contributed by atoms with Gasteiger partial charge in [0.15, 0.2) is 0 Å². The number of allylic oxidation sites excluding steroid dienone is 2. The zero-order valence-electron chi connectivity index (χ0n) is 15.2. The summed E-state index contributed by atoms with van der Waals surface area (Å²) in [5.74, 6) is 0.529. The van der Waals surface area contributed by atoms with Gasteiger partial charge in [-0.15, -0.1) is 0 Å². The van der Waals surface area contributed by atoms with Crippen LogP contribution in [0.5, 0.6) is 5.75 Å². The largest absolute Gasteiger partial charge is 0.497 e. The van der Waals surface area contributed by atoms with Crippen molar-refractivity contribution in [3.63, 3.8) is 0 Å². The van der Waals surface area contributed by atoms with E-state index in [9.17, 15) is 4.79 Å². The molecule has 0 saturated carbocycles. The van der Waals surface area contributed by atoms with Crippen molar-refractivity contribution in [3.8, 4) is 5.75 Å². The molecule has 3 nitrogen and oxygen atoms in total. The summed E-state index contributed by atoms with van der Waals surface area (Å²) in [4.78, 5) is 11.9. The van der Waals surface area contributed by atoms with Gasteiger partial charge in [0.2, 0.25) is 5.91 Å². The monoisotopic (exact) mass is 401 g/mol. The van der Waals surface area contributed by atoms with Crippen LogP contribution in [0.4, 0.5) is 0 Å². The number of amides is 1. The standard InChI is InChI=1S/C22H21Cl2NO2/c1-16(7-8-17-9-12-19(23)13-10-17)25-22(26)6-4-3-5-18-11-14-20(27-2)15-21(18)24/h3-16H,1-2H3,(H,25,26)/b5-3+,6-4+,8-7+/t16-/m1/s1. The zero-order chi connectivity index (χ0) is 19.6. The van der Waals surface area contributed by atoms with Gasteiger partial charge in [-0.3, -0.25) is 4.79 Å². The van der Waals surface area contributed by atoms with E-state index in [1.54, 1.807) is 25.3 Å². The first-order chi connectivity index (χ1) is 13.0. The van der Waals surface area contributed by atoms with Crippen LogP contribution in [0.25, 0.3) is 12.2 Å². The van der Waals surface area contributed by atoms with Gasteiger partial charge in [-0.25, -0.2) is 0 Å². The SMILES string of the molecule is COc1ccc(/C=C/C=C/C(=O)N[C@H](C)/C=C/c2ccc(Cl)cc2)c(Cl)c1. The third kappa shape index (κ3) is 7.33. The number of ether oxygens (including phenoxy) is 1. The summed E-state index contributed by atoms with van der Waals surface area (Å²) in [6.07, 6.45) is 10.6. The maximum absolute atomic E-state index is 11.9. The summed E-state index contributed by atoms with van der Waals surface area (Å²) >= 11 is 12.0. The molecule has 0 aromatic heterocycles. The number of halogens is 2. The van der Waals surface area contributed by atoms with Gasteiger partial charge in [-0.1, -0.05) is 65.7 Å². The Hall–Kier alpha value is -2.49. The maximum atomic E-state index is 11.9. The molecular formula is C22H21Cl2NO2. The fourth-order valence-corrected chi connectivity index (χ4v) is 2.58. The van der Waals surface area contributed by atoms with Gasteiger partial charge in [0.05, 0.1) is 12.1 Å². The molecule has 27 heavy (non-hydrogen) atoms. The summed E-state index contributed by atoms with van der Waals surface area (Å²) in [5.41, 5.74) is 1.87. The van der Waals surface area contributed by atoms with Crippen LogP contribution < -0.4 is 10.1 Å². The molecule has 1 atom stereocenters. The quantitative estimate of drug-likeness (QED) is 0.470. The van der Waals surface area contributed by atoms with E-state index in [0.29, 0.717) is 15.8 Å². The molecule has 0 aliphatic rings. The number of carbonyl (C=O) groups is 1. The molecule has 0 unspecified atom stereocenters. The minimum atomic E-state index is -0.172. The maximum Gasteiger partial charge on any atom is 0.244 e. The Morgan fingerprint density at radius 2 is 1.81 bits per heavy atom. The van der Waals surface area contributed by atoms with Crippen molar-refractivity contribution < 1.29 is 9.53 Å². The van der Waals surface area contributed by atoms with Crippen LogP contribution in [0, 0.1) is 0 Å². The lowest BCUT2D eigenvalue weighted by Gasteiger charge is -2.07. The first-order valence-corrected chi connectivity index (χ1v) is 9.16. The lowest BCUT2D eigenvalue weighted by molar-refractivity contribution is -0.116. The summed E-state index contributed by atoms with van der Waals surface area (Å²) in [5, 5.41) is 4.16. The summed E-state index contributed by atoms with van der Waals surface area (Å²) in [7, 11) is 1.59. The number of rotatable bonds is 7. The average Bonchev–Trinajstić information content (AvgIpc) is 2.65. The molecule has 140 valence electrons. The molecule has 1 amide bonds. The van der Waals surface area contributed by atoms with E-state index in [-0.39, 0.29) is 11.9 Å². The van der Waals surface area contributed by atoms with Crippen LogP contribution in [-0.4, -0.2) is 19.1 Å². The molecule has 0 bridgehead atoms. The number of carbonyl (C=O) groups excluding carboxylic acids is 1. The number of hydrogen-bond donors (Lipinski definition) is 1. The van der Waals surface area contributed by atoms with Crippen LogP contribution >= 0.6 is 23.2 Å². The second-order valence-corrected chi connectivity index (χ2v) is 6.66. The average molecular weight is 402 g/mol.